The zero-order valence-electron chi connectivity index (χ0n) is 13.8. The summed E-state index contributed by atoms with van der Waals surface area (Å²) in [6.45, 7) is 3.95. The van der Waals surface area contributed by atoms with Crippen LogP contribution in [0.2, 0.25) is 0 Å². The molecule has 4 rings (SSSR count). The summed E-state index contributed by atoms with van der Waals surface area (Å²) < 4.78 is 27.2. The Balaban J connectivity index is 1.72. The molecule has 24 heavy (non-hydrogen) atoms. The second-order valence-electron chi connectivity index (χ2n) is 6.89. The highest BCUT2D eigenvalue weighted by Crippen LogP contribution is 2.43. The summed E-state index contributed by atoms with van der Waals surface area (Å²) in [5, 5.41) is 0.321. The van der Waals surface area contributed by atoms with Crippen LogP contribution in [0.5, 0.6) is 0 Å². The molecule has 3 aliphatic rings. The van der Waals surface area contributed by atoms with Gasteiger partial charge in [0.1, 0.15) is 0 Å². The van der Waals surface area contributed by atoms with E-state index in [9.17, 15) is 13.2 Å². The Morgan fingerprint density at radius 3 is 2.58 bits per heavy atom. The summed E-state index contributed by atoms with van der Waals surface area (Å²) in [6, 6.07) is 5.27. The minimum Gasteiger partial charge on any atom is -0.310 e. The van der Waals surface area contributed by atoms with Gasteiger partial charge in [-0.3, -0.25) is 4.79 Å². The number of hydrogen-bond donors (Lipinski definition) is 0. The van der Waals surface area contributed by atoms with E-state index < -0.39 is 10.0 Å². The first-order chi connectivity index (χ1) is 11.5. The lowest BCUT2D eigenvalue weighted by molar-refractivity contribution is -0.119. The predicted molar refractivity (Wildman–Crippen MR) is 94.8 cm³/mol. The standard InChI is InChI=1S/C17H22N2O3S2/c1-12-11-19(17(20)13-4-5-13)15-10-14(6-7-16(15)23-12)24(21,22)18-8-2-3-9-18/h6-7,10,12-13H,2-5,8-9,11H2,1H3/t12-/m0/s1. The van der Waals surface area contributed by atoms with Crippen LogP contribution in [0.1, 0.15) is 32.6 Å². The van der Waals surface area contributed by atoms with Crippen molar-refractivity contribution < 1.29 is 13.2 Å². The molecule has 2 heterocycles. The van der Waals surface area contributed by atoms with Gasteiger partial charge in [-0.2, -0.15) is 4.31 Å². The third kappa shape index (κ3) is 2.86. The van der Waals surface area contributed by atoms with Crippen LogP contribution in [0.25, 0.3) is 0 Å². The molecule has 2 aliphatic heterocycles. The number of carbonyl (C=O) groups excluding carboxylic acids is 1. The van der Waals surface area contributed by atoms with Crippen molar-refractivity contribution in [3.8, 4) is 0 Å². The highest BCUT2D eigenvalue weighted by atomic mass is 32.2. The van der Waals surface area contributed by atoms with Gasteiger partial charge in [-0.05, 0) is 43.9 Å². The van der Waals surface area contributed by atoms with E-state index >= 15 is 0 Å². The quantitative estimate of drug-likeness (QED) is 0.825. The van der Waals surface area contributed by atoms with Crippen molar-refractivity contribution in [2.24, 2.45) is 5.92 Å². The van der Waals surface area contributed by atoms with Gasteiger partial charge in [0.05, 0.1) is 10.6 Å². The fourth-order valence-electron chi connectivity index (χ4n) is 3.41. The zero-order valence-corrected chi connectivity index (χ0v) is 15.4. The number of nitrogens with zero attached hydrogens (tertiary/aromatic N) is 2. The number of hydrogen-bond acceptors (Lipinski definition) is 4. The molecule has 1 amide bonds. The molecule has 0 N–H and O–H groups in total. The molecule has 1 atom stereocenters. The van der Waals surface area contributed by atoms with Gasteiger partial charge >= 0.3 is 0 Å². The van der Waals surface area contributed by atoms with Crippen LogP contribution >= 0.6 is 11.8 Å². The first kappa shape index (κ1) is 16.4. The van der Waals surface area contributed by atoms with Crippen LogP contribution < -0.4 is 4.90 Å². The molecule has 0 radical (unpaired) electrons. The average Bonchev–Trinajstić information content (AvgIpc) is 3.26. The average molecular weight is 367 g/mol. The van der Waals surface area contributed by atoms with Crippen molar-refractivity contribution in [3.05, 3.63) is 18.2 Å². The van der Waals surface area contributed by atoms with Gasteiger partial charge in [-0.25, -0.2) is 8.42 Å². The van der Waals surface area contributed by atoms with Crippen LogP contribution in [0, 0.1) is 5.92 Å². The van der Waals surface area contributed by atoms with E-state index in [2.05, 4.69) is 6.92 Å². The van der Waals surface area contributed by atoms with Gasteiger partial charge in [0.2, 0.25) is 15.9 Å². The van der Waals surface area contributed by atoms with E-state index in [-0.39, 0.29) is 11.8 Å². The van der Waals surface area contributed by atoms with E-state index in [4.69, 9.17) is 0 Å². The lowest BCUT2D eigenvalue weighted by Crippen LogP contribution is -2.39. The number of amides is 1. The molecular weight excluding hydrogens is 344 g/mol. The Labute approximate surface area is 147 Å². The number of rotatable bonds is 3. The summed E-state index contributed by atoms with van der Waals surface area (Å²) in [7, 11) is -3.45. The molecule has 0 unspecified atom stereocenters. The van der Waals surface area contributed by atoms with Crippen molar-refractivity contribution in [2.45, 2.75) is 47.6 Å². The molecule has 0 aromatic heterocycles. The van der Waals surface area contributed by atoms with Crippen LogP contribution in [0.3, 0.4) is 0 Å². The fraction of sp³-hybridized carbons (Fsp3) is 0.588. The highest BCUT2D eigenvalue weighted by Gasteiger charge is 2.38. The van der Waals surface area contributed by atoms with Gasteiger partial charge in [-0.1, -0.05) is 6.92 Å². The largest absolute Gasteiger partial charge is 0.310 e. The Bertz CT molecular complexity index is 768. The topological polar surface area (TPSA) is 57.7 Å². The number of fused-ring (bicyclic) bond motifs is 1. The summed E-state index contributed by atoms with van der Waals surface area (Å²) in [4.78, 5) is 15.8. The first-order valence-corrected chi connectivity index (χ1v) is 10.9. The Hall–Kier alpha value is -1.05. The SMILES string of the molecule is C[C@H]1CN(C(=O)C2CC2)c2cc(S(=O)(=O)N3CCCC3)ccc2S1. The molecule has 1 saturated carbocycles. The van der Waals surface area contributed by atoms with E-state index in [0.29, 0.717) is 29.8 Å². The summed E-state index contributed by atoms with van der Waals surface area (Å²) >= 11 is 1.71. The van der Waals surface area contributed by atoms with Crippen LogP contribution in [-0.2, 0) is 14.8 Å². The number of benzene rings is 1. The maximum absolute atomic E-state index is 12.8. The molecule has 1 aliphatic carbocycles. The molecule has 2 fully saturated rings. The zero-order chi connectivity index (χ0) is 16.9. The lowest BCUT2D eigenvalue weighted by atomic mass is 10.2. The lowest BCUT2D eigenvalue weighted by Gasteiger charge is -2.33. The van der Waals surface area contributed by atoms with Crippen LogP contribution in [-0.4, -0.2) is 43.5 Å². The third-order valence-electron chi connectivity index (χ3n) is 4.88. The maximum Gasteiger partial charge on any atom is 0.243 e. The van der Waals surface area contributed by atoms with Crippen LogP contribution in [0.15, 0.2) is 28.0 Å². The third-order valence-corrected chi connectivity index (χ3v) is 7.93. The Morgan fingerprint density at radius 1 is 1.21 bits per heavy atom. The summed E-state index contributed by atoms with van der Waals surface area (Å²) in [6.07, 6.45) is 3.75. The van der Waals surface area contributed by atoms with Gasteiger partial charge in [0.15, 0.2) is 0 Å². The molecule has 1 saturated heterocycles. The molecule has 130 valence electrons. The second-order valence-corrected chi connectivity index (χ2v) is 10.3. The maximum atomic E-state index is 12.8. The van der Waals surface area contributed by atoms with Crippen molar-refractivity contribution in [1.82, 2.24) is 4.31 Å². The second kappa shape index (κ2) is 6.04. The van der Waals surface area contributed by atoms with Crippen molar-refractivity contribution in [3.63, 3.8) is 0 Å². The number of anilines is 1. The molecule has 5 nitrogen and oxygen atoms in total. The van der Waals surface area contributed by atoms with Gasteiger partial charge in [0, 0.05) is 35.7 Å². The van der Waals surface area contributed by atoms with Crippen molar-refractivity contribution in [1.29, 1.82) is 0 Å². The number of carbonyl (C=O) groups is 1. The van der Waals surface area contributed by atoms with E-state index in [1.807, 2.05) is 11.0 Å². The van der Waals surface area contributed by atoms with Crippen LogP contribution in [0.4, 0.5) is 5.69 Å². The van der Waals surface area contributed by atoms with Crippen molar-refractivity contribution >= 4 is 33.4 Å². The monoisotopic (exact) mass is 366 g/mol. The molecule has 1 aromatic rings. The van der Waals surface area contributed by atoms with E-state index in [1.54, 1.807) is 28.2 Å². The Morgan fingerprint density at radius 2 is 1.92 bits per heavy atom. The predicted octanol–water partition coefficient (Wildman–Crippen LogP) is 2.71. The van der Waals surface area contributed by atoms with E-state index in [1.165, 1.54) is 0 Å². The first-order valence-electron chi connectivity index (χ1n) is 8.59. The molecular formula is C17H22N2O3S2. The smallest absolute Gasteiger partial charge is 0.243 e. The Kier molecular flexibility index (Phi) is 4.13. The summed E-state index contributed by atoms with van der Waals surface area (Å²) in [5.74, 6) is 0.283. The fourth-order valence-corrected chi connectivity index (χ4v) is 6.05. The van der Waals surface area contributed by atoms with Gasteiger partial charge in [-0.15, -0.1) is 11.8 Å². The van der Waals surface area contributed by atoms with Gasteiger partial charge < -0.3 is 4.90 Å². The van der Waals surface area contributed by atoms with E-state index in [0.717, 1.165) is 36.3 Å². The summed E-state index contributed by atoms with van der Waals surface area (Å²) in [5.41, 5.74) is 0.773. The molecule has 7 heteroatoms. The number of thioether (sulfide) groups is 1. The molecule has 0 bridgehead atoms. The highest BCUT2D eigenvalue weighted by molar-refractivity contribution is 8.00. The molecule has 0 spiro atoms. The van der Waals surface area contributed by atoms with Crippen molar-refractivity contribution in [2.75, 3.05) is 24.5 Å². The van der Waals surface area contributed by atoms with Gasteiger partial charge in [0.25, 0.3) is 0 Å². The normalized spacial score (nSPS) is 24.9. The minimum absolute atomic E-state index is 0.131. The molecule has 1 aromatic carbocycles. The minimum atomic E-state index is -3.45. The number of sulfonamides is 1.